The molecule has 1 N–H and O–H groups in total. The van der Waals surface area contributed by atoms with E-state index in [0.717, 1.165) is 24.8 Å². The Morgan fingerprint density at radius 1 is 1.12 bits per heavy atom. The number of benzene rings is 2. The first kappa shape index (κ1) is 18.2. The quantitative estimate of drug-likeness (QED) is 0.762. The van der Waals surface area contributed by atoms with E-state index >= 15 is 0 Å². The van der Waals surface area contributed by atoms with Crippen LogP contribution in [0.15, 0.2) is 36.4 Å². The number of fused-ring (bicyclic) bond motifs is 1. The molecule has 132 valence electrons. The molecule has 0 saturated carbocycles. The second-order valence-electron chi connectivity index (χ2n) is 6.63. The number of hydrogen-bond acceptors (Lipinski definition) is 2. The molecule has 3 nitrogen and oxygen atoms in total. The zero-order valence-corrected chi connectivity index (χ0v) is 15.9. The van der Waals surface area contributed by atoms with Crippen molar-refractivity contribution in [2.75, 3.05) is 14.1 Å². The highest BCUT2D eigenvalue weighted by Gasteiger charge is 2.28. The van der Waals surface area contributed by atoms with E-state index in [1.165, 1.54) is 16.7 Å². The highest BCUT2D eigenvalue weighted by Crippen LogP contribution is 2.42. The van der Waals surface area contributed by atoms with Crippen molar-refractivity contribution in [2.24, 2.45) is 0 Å². The fourth-order valence-electron chi connectivity index (χ4n) is 3.69. The summed E-state index contributed by atoms with van der Waals surface area (Å²) < 4.78 is 0. The van der Waals surface area contributed by atoms with Gasteiger partial charge in [-0.3, -0.25) is 4.79 Å². The van der Waals surface area contributed by atoms with Gasteiger partial charge in [0.15, 0.2) is 0 Å². The van der Waals surface area contributed by atoms with Crippen LogP contribution in [0.25, 0.3) is 0 Å². The SMILES string of the molecule is CN[C@H]1CC[C@@H](c2ccc(Cl)c(Cl)c2)c2ccc(CN(C)C=O)cc21. The lowest BCUT2D eigenvalue weighted by molar-refractivity contribution is -0.117. The molecule has 2 atom stereocenters. The Bertz CT molecular complexity index is 778. The molecule has 5 heteroatoms. The first-order chi connectivity index (χ1) is 12.0. The van der Waals surface area contributed by atoms with Crippen molar-refractivity contribution >= 4 is 29.6 Å². The Balaban J connectivity index is 2.00. The summed E-state index contributed by atoms with van der Waals surface area (Å²) in [5.74, 6) is 0.312. The Morgan fingerprint density at radius 2 is 1.92 bits per heavy atom. The highest BCUT2D eigenvalue weighted by atomic mass is 35.5. The molecule has 0 unspecified atom stereocenters. The van der Waals surface area contributed by atoms with Crippen molar-refractivity contribution in [3.8, 4) is 0 Å². The van der Waals surface area contributed by atoms with Crippen molar-refractivity contribution in [3.63, 3.8) is 0 Å². The molecule has 0 saturated heterocycles. The molecule has 0 fully saturated rings. The smallest absolute Gasteiger partial charge is 0.209 e. The minimum Gasteiger partial charge on any atom is -0.344 e. The normalized spacial score (nSPS) is 19.4. The van der Waals surface area contributed by atoms with E-state index in [-0.39, 0.29) is 0 Å². The summed E-state index contributed by atoms with van der Waals surface area (Å²) in [6.45, 7) is 0.616. The summed E-state index contributed by atoms with van der Waals surface area (Å²) in [5, 5.41) is 4.60. The highest BCUT2D eigenvalue weighted by molar-refractivity contribution is 6.42. The lowest BCUT2D eigenvalue weighted by atomic mass is 9.76. The van der Waals surface area contributed by atoms with Gasteiger partial charge in [0.05, 0.1) is 10.0 Å². The largest absolute Gasteiger partial charge is 0.344 e. The summed E-state index contributed by atoms with van der Waals surface area (Å²) in [6, 6.07) is 12.8. The maximum atomic E-state index is 10.9. The van der Waals surface area contributed by atoms with E-state index < -0.39 is 0 Å². The number of nitrogens with one attached hydrogen (secondary N) is 1. The predicted octanol–water partition coefficient (Wildman–Crippen LogP) is 4.77. The van der Waals surface area contributed by atoms with Gasteiger partial charge in [0.2, 0.25) is 6.41 Å². The van der Waals surface area contributed by atoms with Gasteiger partial charge in [0, 0.05) is 25.6 Å². The van der Waals surface area contributed by atoms with Crippen molar-refractivity contribution < 1.29 is 4.79 Å². The molecule has 0 heterocycles. The molecule has 3 rings (SSSR count). The summed E-state index contributed by atoms with van der Waals surface area (Å²) in [5.41, 5.74) is 4.97. The summed E-state index contributed by atoms with van der Waals surface area (Å²) >= 11 is 12.3. The van der Waals surface area contributed by atoms with E-state index in [4.69, 9.17) is 23.2 Å². The van der Waals surface area contributed by atoms with Gasteiger partial charge < -0.3 is 10.2 Å². The van der Waals surface area contributed by atoms with Gasteiger partial charge in [-0.05, 0) is 54.3 Å². The first-order valence-corrected chi connectivity index (χ1v) is 9.19. The van der Waals surface area contributed by atoms with Gasteiger partial charge in [-0.25, -0.2) is 0 Å². The fraction of sp³-hybridized carbons (Fsp3) is 0.350. The van der Waals surface area contributed by atoms with Crippen LogP contribution in [-0.4, -0.2) is 25.4 Å². The maximum Gasteiger partial charge on any atom is 0.209 e. The maximum absolute atomic E-state index is 10.9. The third-order valence-electron chi connectivity index (χ3n) is 4.95. The number of carbonyl (C=O) groups excluding carboxylic acids is 1. The molecule has 1 amide bonds. The number of hydrogen-bond donors (Lipinski definition) is 1. The number of carbonyl (C=O) groups is 1. The van der Waals surface area contributed by atoms with Gasteiger partial charge >= 0.3 is 0 Å². The van der Waals surface area contributed by atoms with Gasteiger partial charge in [-0.15, -0.1) is 0 Å². The van der Waals surface area contributed by atoms with E-state index in [2.05, 4.69) is 29.6 Å². The molecule has 0 radical (unpaired) electrons. The molecule has 2 aromatic carbocycles. The topological polar surface area (TPSA) is 32.3 Å². The summed E-state index contributed by atoms with van der Waals surface area (Å²) in [7, 11) is 3.79. The molecule has 1 aliphatic carbocycles. The lowest BCUT2D eigenvalue weighted by Gasteiger charge is -2.32. The van der Waals surface area contributed by atoms with Crippen LogP contribution in [0, 0.1) is 0 Å². The van der Waals surface area contributed by atoms with E-state index in [1.54, 1.807) is 11.9 Å². The molecule has 0 aliphatic heterocycles. The van der Waals surface area contributed by atoms with Gasteiger partial charge in [-0.2, -0.15) is 0 Å². The minimum atomic E-state index is 0.312. The van der Waals surface area contributed by atoms with Crippen LogP contribution in [-0.2, 0) is 11.3 Å². The van der Waals surface area contributed by atoms with Crippen LogP contribution in [0.4, 0.5) is 0 Å². The molecule has 2 aromatic rings. The molecule has 25 heavy (non-hydrogen) atoms. The Kier molecular flexibility index (Phi) is 5.67. The van der Waals surface area contributed by atoms with E-state index in [9.17, 15) is 4.79 Å². The Morgan fingerprint density at radius 3 is 2.60 bits per heavy atom. The number of nitrogens with zero attached hydrogens (tertiary/aromatic N) is 1. The van der Waals surface area contributed by atoms with E-state index in [0.29, 0.717) is 28.5 Å². The molecular formula is C20H22Cl2N2O. The molecule has 0 bridgehead atoms. The number of amides is 1. The van der Waals surface area contributed by atoms with E-state index in [1.807, 2.05) is 19.2 Å². The number of rotatable bonds is 5. The van der Waals surface area contributed by atoms with Gasteiger partial charge in [-0.1, -0.05) is 47.5 Å². The standard InChI is InChI=1S/C20H22Cl2N2O/c1-23-20-8-6-15(14-4-7-18(21)19(22)10-14)16-5-3-13(9-17(16)20)11-24(2)12-25/h3-5,7,9-10,12,15,20,23H,6,8,11H2,1-2H3/t15-,20-/m0/s1. The molecule has 0 spiro atoms. The van der Waals surface area contributed by atoms with Crippen molar-refractivity contribution in [1.29, 1.82) is 0 Å². The van der Waals surface area contributed by atoms with Crippen LogP contribution in [0.1, 0.15) is 47.1 Å². The van der Waals surface area contributed by atoms with Crippen LogP contribution in [0.3, 0.4) is 0 Å². The second-order valence-corrected chi connectivity index (χ2v) is 7.44. The molecule has 1 aliphatic rings. The van der Waals surface area contributed by atoms with Crippen LogP contribution in [0.2, 0.25) is 10.0 Å². The molecular weight excluding hydrogens is 355 g/mol. The predicted molar refractivity (Wildman–Crippen MR) is 103 cm³/mol. The first-order valence-electron chi connectivity index (χ1n) is 8.44. The Hall–Kier alpha value is -1.55. The van der Waals surface area contributed by atoms with Gasteiger partial charge in [0.1, 0.15) is 0 Å². The number of halogens is 2. The van der Waals surface area contributed by atoms with Crippen molar-refractivity contribution in [2.45, 2.75) is 31.3 Å². The van der Waals surface area contributed by atoms with Crippen LogP contribution >= 0.6 is 23.2 Å². The average molecular weight is 377 g/mol. The fourth-order valence-corrected chi connectivity index (χ4v) is 3.99. The van der Waals surface area contributed by atoms with Crippen LogP contribution in [0.5, 0.6) is 0 Å². The third kappa shape index (κ3) is 3.84. The van der Waals surface area contributed by atoms with Crippen LogP contribution < -0.4 is 5.32 Å². The minimum absolute atomic E-state index is 0.312. The Labute approximate surface area is 158 Å². The van der Waals surface area contributed by atoms with Crippen molar-refractivity contribution in [1.82, 2.24) is 10.2 Å². The van der Waals surface area contributed by atoms with Crippen molar-refractivity contribution in [3.05, 3.63) is 68.7 Å². The summed E-state index contributed by atoms with van der Waals surface area (Å²) in [6.07, 6.45) is 2.97. The monoisotopic (exact) mass is 376 g/mol. The molecule has 0 aromatic heterocycles. The third-order valence-corrected chi connectivity index (χ3v) is 5.69. The zero-order chi connectivity index (χ0) is 18.0. The second kappa shape index (κ2) is 7.77. The average Bonchev–Trinajstić information content (AvgIpc) is 2.63. The zero-order valence-electron chi connectivity index (χ0n) is 14.4. The summed E-state index contributed by atoms with van der Waals surface area (Å²) in [4.78, 5) is 12.6. The lowest BCUT2D eigenvalue weighted by Crippen LogP contribution is -2.25. The van der Waals surface area contributed by atoms with Gasteiger partial charge in [0.25, 0.3) is 0 Å².